The molecular formula is C13H23N3O3. The molecule has 3 amide bonds. The zero-order chi connectivity index (χ0) is 13.7. The normalized spacial score (nSPS) is 24.1. The first-order chi connectivity index (χ1) is 9.19. The van der Waals surface area contributed by atoms with E-state index in [0.29, 0.717) is 19.1 Å². The number of hydrogen-bond acceptors (Lipinski definition) is 3. The topological polar surface area (TPSA) is 70.7 Å². The minimum Gasteiger partial charge on any atom is -0.453 e. The number of amides is 3. The molecule has 0 bridgehead atoms. The number of urea groups is 1. The van der Waals surface area contributed by atoms with Crippen molar-refractivity contribution < 1.29 is 14.3 Å². The molecule has 2 fully saturated rings. The van der Waals surface area contributed by atoms with Crippen LogP contribution in [0.3, 0.4) is 0 Å². The van der Waals surface area contributed by atoms with Gasteiger partial charge in [0.05, 0.1) is 7.11 Å². The van der Waals surface area contributed by atoms with Crippen LogP contribution in [0.4, 0.5) is 9.59 Å². The summed E-state index contributed by atoms with van der Waals surface area (Å²) in [6, 6.07) is 0.234. The summed E-state index contributed by atoms with van der Waals surface area (Å²) < 4.78 is 4.71. The highest BCUT2D eigenvalue weighted by Crippen LogP contribution is 2.17. The molecule has 19 heavy (non-hydrogen) atoms. The molecule has 0 unspecified atom stereocenters. The summed E-state index contributed by atoms with van der Waals surface area (Å²) in [5, 5.41) is 5.95. The Bertz CT molecular complexity index is 329. The average molecular weight is 269 g/mol. The van der Waals surface area contributed by atoms with Crippen LogP contribution in [0.25, 0.3) is 0 Å². The maximum absolute atomic E-state index is 11.9. The van der Waals surface area contributed by atoms with E-state index in [4.69, 9.17) is 4.74 Å². The molecule has 0 spiro atoms. The summed E-state index contributed by atoms with van der Waals surface area (Å²) >= 11 is 0. The van der Waals surface area contributed by atoms with E-state index in [0.717, 1.165) is 25.7 Å². The SMILES string of the molecule is COC(=O)N1CCC[C@@H](NC(=O)NC2CCCC2)C1. The Kier molecular flexibility index (Phi) is 4.87. The van der Waals surface area contributed by atoms with Crippen molar-refractivity contribution in [2.24, 2.45) is 0 Å². The number of ether oxygens (including phenoxy) is 1. The Hall–Kier alpha value is -1.46. The van der Waals surface area contributed by atoms with Crippen molar-refractivity contribution in [3.05, 3.63) is 0 Å². The molecule has 1 aliphatic carbocycles. The van der Waals surface area contributed by atoms with Crippen LogP contribution >= 0.6 is 0 Å². The Morgan fingerprint density at radius 1 is 1.05 bits per heavy atom. The Balaban J connectivity index is 1.74. The summed E-state index contributed by atoms with van der Waals surface area (Å²) in [5.74, 6) is 0. The van der Waals surface area contributed by atoms with E-state index in [1.807, 2.05) is 0 Å². The molecule has 2 N–H and O–H groups in total. The molecule has 6 heteroatoms. The summed E-state index contributed by atoms with van der Waals surface area (Å²) in [6.07, 6.45) is 6.03. The Labute approximate surface area is 113 Å². The number of rotatable bonds is 2. The fraction of sp³-hybridized carbons (Fsp3) is 0.846. The molecule has 6 nitrogen and oxygen atoms in total. The van der Waals surface area contributed by atoms with Crippen LogP contribution in [0, 0.1) is 0 Å². The third-order valence-corrected chi connectivity index (χ3v) is 3.88. The number of piperidine rings is 1. The lowest BCUT2D eigenvalue weighted by Crippen LogP contribution is -2.53. The number of methoxy groups -OCH3 is 1. The molecule has 1 aliphatic heterocycles. The second-order valence-electron chi connectivity index (χ2n) is 5.35. The number of likely N-dealkylation sites (tertiary alicyclic amines) is 1. The molecule has 1 heterocycles. The second kappa shape index (κ2) is 6.63. The van der Waals surface area contributed by atoms with Gasteiger partial charge in [-0.1, -0.05) is 12.8 Å². The predicted molar refractivity (Wildman–Crippen MR) is 70.9 cm³/mol. The predicted octanol–water partition coefficient (Wildman–Crippen LogP) is 1.46. The van der Waals surface area contributed by atoms with Crippen molar-refractivity contribution in [1.29, 1.82) is 0 Å². The zero-order valence-electron chi connectivity index (χ0n) is 11.5. The van der Waals surface area contributed by atoms with E-state index in [1.165, 1.54) is 20.0 Å². The number of carbonyl (C=O) groups excluding carboxylic acids is 2. The van der Waals surface area contributed by atoms with Crippen molar-refractivity contribution in [2.45, 2.75) is 50.6 Å². The van der Waals surface area contributed by atoms with Crippen molar-refractivity contribution in [3.63, 3.8) is 0 Å². The van der Waals surface area contributed by atoms with Crippen LogP contribution in [-0.4, -0.2) is 49.3 Å². The van der Waals surface area contributed by atoms with Crippen LogP contribution in [0.2, 0.25) is 0 Å². The molecular weight excluding hydrogens is 246 g/mol. The zero-order valence-corrected chi connectivity index (χ0v) is 11.5. The van der Waals surface area contributed by atoms with Crippen LogP contribution < -0.4 is 10.6 Å². The monoisotopic (exact) mass is 269 g/mol. The lowest BCUT2D eigenvalue weighted by atomic mass is 10.1. The van der Waals surface area contributed by atoms with Gasteiger partial charge < -0.3 is 20.3 Å². The lowest BCUT2D eigenvalue weighted by Gasteiger charge is -2.32. The lowest BCUT2D eigenvalue weighted by molar-refractivity contribution is 0.108. The maximum atomic E-state index is 11.9. The third-order valence-electron chi connectivity index (χ3n) is 3.88. The molecule has 0 radical (unpaired) electrons. The van der Waals surface area contributed by atoms with Crippen molar-refractivity contribution in [3.8, 4) is 0 Å². The molecule has 0 aromatic heterocycles. The first kappa shape index (κ1) is 14.0. The van der Waals surface area contributed by atoms with Crippen molar-refractivity contribution in [2.75, 3.05) is 20.2 Å². The molecule has 1 saturated heterocycles. The van der Waals surface area contributed by atoms with E-state index in [2.05, 4.69) is 10.6 Å². The van der Waals surface area contributed by atoms with E-state index in [-0.39, 0.29) is 18.2 Å². The van der Waals surface area contributed by atoms with E-state index >= 15 is 0 Å². The van der Waals surface area contributed by atoms with E-state index in [9.17, 15) is 9.59 Å². The summed E-state index contributed by atoms with van der Waals surface area (Å²) in [6.45, 7) is 1.24. The van der Waals surface area contributed by atoms with Gasteiger partial charge in [-0.3, -0.25) is 0 Å². The highest BCUT2D eigenvalue weighted by atomic mass is 16.5. The smallest absolute Gasteiger partial charge is 0.409 e. The largest absolute Gasteiger partial charge is 0.453 e. The minimum atomic E-state index is -0.317. The van der Waals surface area contributed by atoms with E-state index < -0.39 is 0 Å². The second-order valence-corrected chi connectivity index (χ2v) is 5.35. The van der Waals surface area contributed by atoms with Crippen LogP contribution in [0.15, 0.2) is 0 Å². The fourth-order valence-electron chi connectivity index (χ4n) is 2.87. The van der Waals surface area contributed by atoms with Crippen molar-refractivity contribution in [1.82, 2.24) is 15.5 Å². The standard InChI is InChI=1S/C13H23N3O3/c1-19-13(18)16-8-4-7-11(9-16)15-12(17)14-10-5-2-3-6-10/h10-11H,2-9H2,1H3,(H2,14,15,17)/t11-/m1/s1. The highest BCUT2D eigenvalue weighted by Gasteiger charge is 2.26. The first-order valence-electron chi connectivity index (χ1n) is 7.09. The molecule has 2 rings (SSSR count). The molecule has 1 atom stereocenters. The summed E-state index contributed by atoms with van der Waals surface area (Å²) in [4.78, 5) is 25.0. The Morgan fingerprint density at radius 3 is 2.37 bits per heavy atom. The number of nitrogens with one attached hydrogen (secondary N) is 2. The van der Waals surface area contributed by atoms with Crippen LogP contribution in [-0.2, 0) is 4.74 Å². The Morgan fingerprint density at radius 2 is 1.68 bits per heavy atom. The molecule has 108 valence electrons. The average Bonchev–Trinajstić information content (AvgIpc) is 2.90. The highest BCUT2D eigenvalue weighted by molar-refractivity contribution is 5.75. The van der Waals surface area contributed by atoms with Gasteiger partial charge >= 0.3 is 12.1 Å². The van der Waals surface area contributed by atoms with Gasteiger partial charge in [0.15, 0.2) is 0 Å². The van der Waals surface area contributed by atoms with Crippen LogP contribution in [0.5, 0.6) is 0 Å². The van der Waals surface area contributed by atoms with E-state index in [1.54, 1.807) is 4.90 Å². The molecule has 2 aliphatic rings. The number of hydrogen-bond donors (Lipinski definition) is 2. The van der Waals surface area contributed by atoms with Gasteiger partial charge in [-0.25, -0.2) is 9.59 Å². The van der Waals surface area contributed by atoms with Gasteiger partial charge in [0.2, 0.25) is 0 Å². The molecule has 0 aromatic rings. The maximum Gasteiger partial charge on any atom is 0.409 e. The first-order valence-corrected chi connectivity index (χ1v) is 7.09. The summed E-state index contributed by atoms with van der Waals surface area (Å²) in [5.41, 5.74) is 0. The van der Waals surface area contributed by atoms with Gasteiger partial charge in [-0.05, 0) is 25.7 Å². The third kappa shape index (κ3) is 4.01. The van der Waals surface area contributed by atoms with Gasteiger partial charge in [0.1, 0.15) is 0 Å². The van der Waals surface area contributed by atoms with Gasteiger partial charge in [-0.15, -0.1) is 0 Å². The number of nitrogens with zero attached hydrogens (tertiary/aromatic N) is 1. The van der Waals surface area contributed by atoms with Gasteiger partial charge in [0, 0.05) is 25.2 Å². The molecule has 1 saturated carbocycles. The van der Waals surface area contributed by atoms with Gasteiger partial charge in [0.25, 0.3) is 0 Å². The van der Waals surface area contributed by atoms with Crippen molar-refractivity contribution >= 4 is 12.1 Å². The van der Waals surface area contributed by atoms with Gasteiger partial charge in [-0.2, -0.15) is 0 Å². The van der Waals surface area contributed by atoms with Crippen LogP contribution in [0.1, 0.15) is 38.5 Å². The quantitative estimate of drug-likeness (QED) is 0.797. The minimum absolute atomic E-state index is 0.0225. The number of carbonyl (C=O) groups is 2. The fourth-order valence-corrected chi connectivity index (χ4v) is 2.87. The molecule has 0 aromatic carbocycles. The summed E-state index contributed by atoms with van der Waals surface area (Å²) in [7, 11) is 1.38.